The Labute approximate surface area is 114 Å². The molecule has 1 amide bonds. The van der Waals surface area contributed by atoms with Crippen molar-refractivity contribution in [1.29, 1.82) is 0 Å². The van der Waals surface area contributed by atoms with Crippen molar-refractivity contribution in [3.8, 4) is 0 Å². The van der Waals surface area contributed by atoms with E-state index < -0.39 is 0 Å². The van der Waals surface area contributed by atoms with Crippen LogP contribution in [0.5, 0.6) is 0 Å². The minimum Gasteiger partial charge on any atom is -0.355 e. The van der Waals surface area contributed by atoms with Gasteiger partial charge in [0.2, 0.25) is 5.91 Å². The second-order valence-corrected chi connectivity index (χ2v) is 6.25. The molecular weight excluding hydrogens is 244 g/mol. The van der Waals surface area contributed by atoms with Gasteiger partial charge in [-0.1, -0.05) is 33.3 Å². The van der Waals surface area contributed by atoms with Gasteiger partial charge in [0.1, 0.15) is 0 Å². The Hall–Kier alpha value is -0.870. The maximum absolute atomic E-state index is 12.0. The van der Waals surface area contributed by atoms with Crippen molar-refractivity contribution in [3.63, 3.8) is 0 Å². The van der Waals surface area contributed by atoms with Gasteiger partial charge < -0.3 is 11.1 Å². The molecule has 3 nitrogen and oxygen atoms in total. The number of amides is 1. The van der Waals surface area contributed by atoms with Gasteiger partial charge in [0.05, 0.1) is 5.92 Å². The van der Waals surface area contributed by atoms with Crippen LogP contribution in [0.2, 0.25) is 0 Å². The van der Waals surface area contributed by atoms with E-state index in [-0.39, 0.29) is 17.2 Å². The van der Waals surface area contributed by atoms with Crippen molar-refractivity contribution in [2.45, 2.75) is 39.0 Å². The second kappa shape index (κ2) is 6.90. The highest BCUT2D eigenvalue weighted by atomic mass is 32.1. The molecule has 4 heteroatoms. The summed E-state index contributed by atoms with van der Waals surface area (Å²) in [6, 6.07) is 4.16. The SMILES string of the molecule is CCCC(CN)C(=O)NCC(C)(C)c1cccs1. The summed E-state index contributed by atoms with van der Waals surface area (Å²) in [5.74, 6) is 0.0399. The van der Waals surface area contributed by atoms with E-state index in [2.05, 4.69) is 37.5 Å². The van der Waals surface area contributed by atoms with Crippen molar-refractivity contribution >= 4 is 17.2 Å². The van der Waals surface area contributed by atoms with E-state index in [0.717, 1.165) is 12.8 Å². The number of nitrogens with two attached hydrogens (primary N) is 1. The lowest BCUT2D eigenvalue weighted by Gasteiger charge is -2.25. The van der Waals surface area contributed by atoms with Gasteiger partial charge >= 0.3 is 0 Å². The third-order valence-corrected chi connectivity index (χ3v) is 4.42. The molecule has 1 aromatic rings. The van der Waals surface area contributed by atoms with Crippen molar-refractivity contribution in [3.05, 3.63) is 22.4 Å². The fourth-order valence-corrected chi connectivity index (χ4v) is 2.76. The van der Waals surface area contributed by atoms with Crippen molar-refractivity contribution < 1.29 is 4.79 Å². The van der Waals surface area contributed by atoms with Crippen molar-refractivity contribution in [1.82, 2.24) is 5.32 Å². The highest BCUT2D eigenvalue weighted by Gasteiger charge is 2.24. The zero-order valence-electron chi connectivity index (χ0n) is 11.5. The molecule has 1 atom stereocenters. The third kappa shape index (κ3) is 4.10. The van der Waals surface area contributed by atoms with E-state index >= 15 is 0 Å². The predicted molar refractivity (Wildman–Crippen MR) is 77.8 cm³/mol. The van der Waals surface area contributed by atoms with Crippen LogP contribution in [-0.2, 0) is 10.2 Å². The smallest absolute Gasteiger partial charge is 0.224 e. The average molecular weight is 268 g/mol. The monoisotopic (exact) mass is 268 g/mol. The van der Waals surface area contributed by atoms with E-state index in [1.54, 1.807) is 11.3 Å². The molecule has 0 saturated heterocycles. The highest BCUT2D eigenvalue weighted by molar-refractivity contribution is 7.10. The maximum atomic E-state index is 12.0. The first-order valence-corrected chi connectivity index (χ1v) is 7.41. The lowest BCUT2D eigenvalue weighted by atomic mass is 9.91. The molecule has 1 unspecified atom stereocenters. The topological polar surface area (TPSA) is 55.1 Å². The lowest BCUT2D eigenvalue weighted by molar-refractivity contribution is -0.125. The summed E-state index contributed by atoms with van der Waals surface area (Å²) in [7, 11) is 0. The van der Waals surface area contributed by atoms with Gasteiger partial charge in [-0.15, -0.1) is 11.3 Å². The Morgan fingerprint density at radius 2 is 2.28 bits per heavy atom. The number of carbonyl (C=O) groups excluding carboxylic acids is 1. The summed E-state index contributed by atoms with van der Waals surface area (Å²) >= 11 is 1.73. The van der Waals surface area contributed by atoms with Gasteiger partial charge in [0.15, 0.2) is 0 Å². The molecule has 0 spiro atoms. The minimum atomic E-state index is -0.0471. The summed E-state index contributed by atoms with van der Waals surface area (Å²) in [6.07, 6.45) is 1.85. The van der Waals surface area contributed by atoms with Crippen molar-refractivity contribution in [2.24, 2.45) is 11.7 Å². The van der Waals surface area contributed by atoms with Crippen LogP contribution in [0.3, 0.4) is 0 Å². The van der Waals surface area contributed by atoms with Gasteiger partial charge in [0.25, 0.3) is 0 Å². The summed E-state index contributed by atoms with van der Waals surface area (Å²) in [4.78, 5) is 13.3. The fraction of sp³-hybridized carbons (Fsp3) is 0.643. The molecule has 1 aromatic heterocycles. The zero-order chi connectivity index (χ0) is 13.6. The maximum Gasteiger partial charge on any atom is 0.224 e. The molecule has 1 rings (SSSR count). The number of hydrogen-bond donors (Lipinski definition) is 2. The Morgan fingerprint density at radius 1 is 1.56 bits per heavy atom. The first kappa shape index (κ1) is 15.2. The Balaban J connectivity index is 2.51. The molecule has 0 aromatic carbocycles. The van der Waals surface area contributed by atoms with Crippen LogP contribution >= 0.6 is 11.3 Å². The van der Waals surface area contributed by atoms with E-state index in [4.69, 9.17) is 5.73 Å². The van der Waals surface area contributed by atoms with Crippen LogP contribution in [-0.4, -0.2) is 19.0 Å². The molecule has 1 heterocycles. The second-order valence-electron chi connectivity index (χ2n) is 5.30. The quantitative estimate of drug-likeness (QED) is 0.798. The Bertz CT molecular complexity index is 360. The number of carbonyl (C=O) groups is 1. The number of thiophene rings is 1. The molecule has 18 heavy (non-hydrogen) atoms. The highest BCUT2D eigenvalue weighted by Crippen LogP contribution is 2.26. The average Bonchev–Trinajstić information content (AvgIpc) is 2.87. The molecule has 0 fully saturated rings. The van der Waals surface area contributed by atoms with Gasteiger partial charge in [0, 0.05) is 23.4 Å². The van der Waals surface area contributed by atoms with E-state index in [0.29, 0.717) is 13.1 Å². The summed E-state index contributed by atoms with van der Waals surface area (Å²) in [5.41, 5.74) is 5.62. The van der Waals surface area contributed by atoms with Crippen LogP contribution in [0.4, 0.5) is 0 Å². The fourth-order valence-electron chi connectivity index (χ4n) is 1.91. The summed E-state index contributed by atoms with van der Waals surface area (Å²) in [5, 5.41) is 5.10. The normalized spacial score (nSPS) is 13.3. The molecule has 0 aliphatic heterocycles. The van der Waals surface area contributed by atoms with Gasteiger partial charge in [-0.3, -0.25) is 4.79 Å². The van der Waals surface area contributed by atoms with Crippen LogP contribution in [0, 0.1) is 5.92 Å². The number of hydrogen-bond acceptors (Lipinski definition) is 3. The standard InChI is InChI=1S/C14H24N2OS/c1-4-6-11(9-15)13(17)16-10-14(2,3)12-7-5-8-18-12/h5,7-8,11H,4,6,9-10,15H2,1-3H3,(H,16,17). The molecule has 0 aliphatic carbocycles. The van der Waals surface area contributed by atoms with Gasteiger partial charge in [-0.2, -0.15) is 0 Å². The van der Waals surface area contributed by atoms with Crippen LogP contribution in [0.25, 0.3) is 0 Å². The van der Waals surface area contributed by atoms with E-state index in [1.807, 2.05) is 6.07 Å². The first-order chi connectivity index (χ1) is 8.51. The lowest BCUT2D eigenvalue weighted by Crippen LogP contribution is -2.41. The number of nitrogens with one attached hydrogen (secondary N) is 1. The zero-order valence-corrected chi connectivity index (χ0v) is 12.3. The van der Waals surface area contributed by atoms with E-state index in [1.165, 1.54) is 4.88 Å². The Morgan fingerprint density at radius 3 is 2.78 bits per heavy atom. The summed E-state index contributed by atoms with van der Waals surface area (Å²) < 4.78 is 0. The minimum absolute atomic E-state index is 0.0187. The summed E-state index contributed by atoms with van der Waals surface area (Å²) in [6.45, 7) is 7.46. The van der Waals surface area contributed by atoms with Gasteiger partial charge in [-0.05, 0) is 17.9 Å². The predicted octanol–water partition coefficient (Wildman–Crippen LogP) is 2.52. The van der Waals surface area contributed by atoms with Crippen LogP contribution < -0.4 is 11.1 Å². The molecule has 3 N–H and O–H groups in total. The van der Waals surface area contributed by atoms with Crippen LogP contribution in [0.1, 0.15) is 38.5 Å². The molecule has 0 bridgehead atoms. The van der Waals surface area contributed by atoms with Gasteiger partial charge in [-0.25, -0.2) is 0 Å². The first-order valence-electron chi connectivity index (χ1n) is 6.53. The van der Waals surface area contributed by atoms with Crippen molar-refractivity contribution in [2.75, 3.05) is 13.1 Å². The Kier molecular flexibility index (Phi) is 5.82. The number of rotatable bonds is 7. The molecule has 0 aliphatic rings. The molecule has 102 valence electrons. The molecule has 0 radical (unpaired) electrons. The van der Waals surface area contributed by atoms with E-state index in [9.17, 15) is 4.79 Å². The van der Waals surface area contributed by atoms with Crippen LogP contribution in [0.15, 0.2) is 17.5 Å². The largest absolute Gasteiger partial charge is 0.355 e. The molecule has 0 saturated carbocycles. The molecular formula is C14H24N2OS. The third-order valence-electron chi connectivity index (χ3n) is 3.19.